The fourth-order valence-corrected chi connectivity index (χ4v) is 4.54. The summed E-state index contributed by atoms with van der Waals surface area (Å²) in [5, 5.41) is 17.7. The minimum atomic E-state index is 0.0602. The van der Waals surface area contributed by atoms with Crippen LogP contribution in [0.2, 0.25) is 0 Å². The fourth-order valence-electron chi connectivity index (χ4n) is 4.54. The molecular formula is C33H47N9. The van der Waals surface area contributed by atoms with Crippen LogP contribution in [0.1, 0.15) is 71.9 Å². The second-order valence-corrected chi connectivity index (χ2v) is 9.46. The second-order valence-electron chi connectivity index (χ2n) is 9.46. The highest BCUT2D eigenvalue weighted by Gasteiger charge is 2.31. The zero-order valence-electron chi connectivity index (χ0n) is 26.3. The molecule has 9 heteroatoms. The van der Waals surface area contributed by atoms with Crippen molar-refractivity contribution < 1.29 is 0 Å². The Kier molecular flexibility index (Phi) is 14.1. The Morgan fingerprint density at radius 1 is 1.17 bits per heavy atom. The average molecular weight is 570 g/mol. The molecule has 1 aromatic heterocycles. The van der Waals surface area contributed by atoms with E-state index in [0.717, 1.165) is 54.7 Å². The molecule has 5 rings (SSSR count). The van der Waals surface area contributed by atoms with Crippen LogP contribution >= 0.6 is 0 Å². The molecule has 224 valence electrons. The van der Waals surface area contributed by atoms with Crippen molar-refractivity contribution in [2.75, 3.05) is 30.8 Å². The van der Waals surface area contributed by atoms with Crippen LogP contribution in [0.15, 0.2) is 76.1 Å². The Morgan fingerprint density at radius 3 is 2.29 bits per heavy atom. The normalized spacial score (nSPS) is 17.8. The topological polar surface area (TPSA) is 130 Å². The van der Waals surface area contributed by atoms with Crippen molar-refractivity contribution in [3.05, 3.63) is 77.3 Å². The number of pyridine rings is 1. The van der Waals surface area contributed by atoms with E-state index in [4.69, 9.17) is 21.4 Å². The van der Waals surface area contributed by atoms with Crippen molar-refractivity contribution >= 4 is 28.9 Å². The third-order valence-corrected chi connectivity index (χ3v) is 6.60. The van der Waals surface area contributed by atoms with Gasteiger partial charge in [0.25, 0.3) is 0 Å². The summed E-state index contributed by atoms with van der Waals surface area (Å²) < 4.78 is 0. The molecule has 2 aliphatic heterocycles. The van der Waals surface area contributed by atoms with Gasteiger partial charge in [-0.3, -0.25) is 20.2 Å². The van der Waals surface area contributed by atoms with Crippen LogP contribution in [0.4, 0.5) is 11.5 Å². The summed E-state index contributed by atoms with van der Waals surface area (Å²) in [6.07, 6.45) is 9.50. The molecule has 0 spiro atoms. The standard InChI is InChI=1S/C26H31N7.C3H4N2.2C2H6/c1-3-23-26(28-2)33(25(31-23)22-5-4-14-29-24(22)27)21-10-6-18(7-11-21)17-32-15-12-20(13-16-32)30-19-8-9-19;1-3(5)2-4;2*1-2/h3-8,10-11,14,20,30H,9,12-13,15-17H2,1-2H3,(H2,27,29);5H,1H3;2*1-2H3/b23-3+,28-26?;;;. The predicted molar refractivity (Wildman–Crippen MR) is 177 cm³/mol. The van der Waals surface area contributed by atoms with E-state index in [2.05, 4.69) is 55.4 Å². The number of nitrogens with one attached hydrogen (secondary N) is 2. The van der Waals surface area contributed by atoms with Crippen molar-refractivity contribution in [2.45, 2.75) is 73.4 Å². The van der Waals surface area contributed by atoms with Crippen molar-refractivity contribution in [2.24, 2.45) is 9.98 Å². The molecule has 42 heavy (non-hydrogen) atoms. The maximum Gasteiger partial charge on any atom is 0.159 e. The number of aliphatic imine (C=N–C) groups is 2. The highest BCUT2D eigenvalue weighted by Crippen LogP contribution is 2.29. The number of amidine groups is 2. The minimum absolute atomic E-state index is 0.0602. The molecule has 1 saturated heterocycles. The Morgan fingerprint density at radius 2 is 1.79 bits per heavy atom. The number of anilines is 2. The van der Waals surface area contributed by atoms with Crippen molar-refractivity contribution in [3.63, 3.8) is 0 Å². The van der Waals surface area contributed by atoms with Crippen LogP contribution in [-0.4, -0.2) is 53.4 Å². The Hall–Kier alpha value is -4.29. The van der Waals surface area contributed by atoms with Gasteiger partial charge in [0.1, 0.15) is 23.3 Å². The molecule has 1 fully saturated rings. The zero-order valence-corrected chi connectivity index (χ0v) is 26.3. The van der Waals surface area contributed by atoms with E-state index in [1.807, 2.05) is 52.8 Å². The van der Waals surface area contributed by atoms with Crippen molar-refractivity contribution in [1.82, 2.24) is 15.2 Å². The summed E-state index contributed by atoms with van der Waals surface area (Å²) in [7, 11) is 1.80. The van der Waals surface area contributed by atoms with E-state index >= 15 is 0 Å². The summed E-state index contributed by atoms with van der Waals surface area (Å²) in [6, 6.07) is 14.8. The quantitative estimate of drug-likeness (QED) is 0.350. The lowest BCUT2D eigenvalue weighted by molar-refractivity contribution is 0.196. The van der Waals surface area contributed by atoms with Gasteiger partial charge in [-0.05, 0) is 56.5 Å². The molecule has 0 amide bonds. The number of benzene rings is 1. The summed E-state index contributed by atoms with van der Waals surface area (Å²) in [4.78, 5) is 18.2. The first-order valence-electron chi connectivity index (χ1n) is 14.9. The summed E-state index contributed by atoms with van der Waals surface area (Å²) in [5.74, 6) is 2.02. The minimum Gasteiger partial charge on any atom is -0.386 e. The van der Waals surface area contributed by atoms with Crippen molar-refractivity contribution in [1.29, 1.82) is 10.7 Å². The number of nitrogens with zero attached hydrogens (tertiary/aromatic N) is 6. The number of piperidine rings is 1. The number of likely N-dealkylation sites (tertiary alicyclic amines) is 1. The molecule has 0 bridgehead atoms. The molecule has 0 unspecified atom stereocenters. The van der Waals surface area contributed by atoms with Gasteiger partial charge in [-0.1, -0.05) is 52.0 Å². The first-order valence-corrected chi connectivity index (χ1v) is 14.9. The van der Waals surface area contributed by atoms with Crippen LogP contribution in [-0.2, 0) is 6.54 Å². The molecule has 1 aromatic carbocycles. The van der Waals surface area contributed by atoms with Crippen LogP contribution in [0.25, 0.3) is 0 Å². The number of nitrogen functional groups attached to an aromatic ring is 1. The molecule has 2 aromatic rings. The molecule has 0 saturated carbocycles. The third kappa shape index (κ3) is 9.38. The highest BCUT2D eigenvalue weighted by atomic mass is 15.3. The van der Waals surface area contributed by atoms with Gasteiger partial charge in [0.15, 0.2) is 11.7 Å². The van der Waals surface area contributed by atoms with Gasteiger partial charge in [0.05, 0.1) is 5.56 Å². The molecule has 9 nitrogen and oxygen atoms in total. The molecule has 4 N–H and O–H groups in total. The monoisotopic (exact) mass is 569 g/mol. The lowest BCUT2D eigenvalue weighted by Gasteiger charge is -2.32. The van der Waals surface area contributed by atoms with Gasteiger partial charge in [0, 0.05) is 56.7 Å². The summed E-state index contributed by atoms with van der Waals surface area (Å²) in [5.41, 5.74) is 11.6. The fraction of sp³-hybridized carbons (Fsp3) is 0.424. The van der Waals surface area contributed by atoms with E-state index < -0.39 is 0 Å². The number of rotatable bonds is 6. The second kappa shape index (κ2) is 17.5. The van der Waals surface area contributed by atoms with Crippen LogP contribution in [0.5, 0.6) is 0 Å². The number of nitrogens with two attached hydrogens (primary N) is 1. The molecule has 1 aliphatic carbocycles. The first-order chi connectivity index (χ1) is 20.4. The lowest BCUT2D eigenvalue weighted by atomic mass is 10.0. The Balaban J connectivity index is 0.000000612. The first kappa shape index (κ1) is 33.9. The van der Waals surface area contributed by atoms with E-state index in [-0.39, 0.29) is 5.71 Å². The Bertz CT molecular complexity index is 1320. The number of hydrogen-bond acceptors (Lipinski definition) is 8. The van der Waals surface area contributed by atoms with E-state index in [1.54, 1.807) is 19.3 Å². The highest BCUT2D eigenvalue weighted by molar-refractivity contribution is 6.34. The smallest absolute Gasteiger partial charge is 0.159 e. The maximum absolute atomic E-state index is 7.67. The van der Waals surface area contributed by atoms with Gasteiger partial charge < -0.3 is 11.1 Å². The largest absolute Gasteiger partial charge is 0.386 e. The number of nitriles is 1. The summed E-state index contributed by atoms with van der Waals surface area (Å²) in [6.45, 7) is 14.7. The average Bonchev–Trinajstić information content (AvgIpc) is 3.78. The molecule has 0 atom stereocenters. The Labute approximate surface area is 252 Å². The van der Waals surface area contributed by atoms with Gasteiger partial charge in [-0.25, -0.2) is 9.98 Å². The molecular weight excluding hydrogens is 522 g/mol. The SMILES string of the molecule is C/C=C1/N=C(c2cccnc2N)N(c2ccc(CN3CCC(NC4=CC4)CC3)cc2)C1=NC.CC.CC.CC(=N)C#N. The van der Waals surface area contributed by atoms with E-state index in [0.29, 0.717) is 11.9 Å². The third-order valence-electron chi connectivity index (χ3n) is 6.60. The number of hydrogen-bond donors (Lipinski definition) is 3. The maximum atomic E-state index is 7.67. The van der Waals surface area contributed by atoms with Crippen molar-refractivity contribution in [3.8, 4) is 6.07 Å². The molecule has 3 heterocycles. The number of aromatic nitrogens is 1. The van der Waals surface area contributed by atoms with Crippen LogP contribution < -0.4 is 16.0 Å². The lowest BCUT2D eigenvalue weighted by Crippen LogP contribution is -2.40. The van der Waals surface area contributed by atoms with Gasteiger partial charge in [0.2, 0.25) is 0 Å². The summed E-state index contributed by atoms with van der Waals surface area (Å²) >= 11 is 0. The van der Waals surface area contributed by atoms with E-state index in [9.17, 15) is 0 Å². The molecule has 0 radical (unpaired) electrons. The van der Waals surface area contributed by atoms with Crippen LogP contribution in [0, 0.1) is 16.7 Å². The zero-order chi connectivity index (χ0) is 31.1. The number of allylic oxidation sites excluding steroid dienone is 3. The predicted octanol–water partition coefficient (Wildman–Crippen LogP) is 6.31. The van der Waals surface area contributed by atoms with Gasteiger partial charge in [-0.2, -0.15) is 5.26 Å². The van der Waals surface area contributed by atoms with Crippen LogP contribution in [0.3, 0.4) is 0 Å². The molecule has 3 aliphatic rings. The van der Waals surface area contributed by atoms with Gasteiger partial charge >= 0.3 is 0 Å². The van der Waals surface area contributed by atoms with Gasteiger partial charge in [-0.15, -0.1) is 0 Å². The van der Waals surface area contributed by atoms with E-state index in [1.165, 1.54) is 31.0 Å².